The lowest BCUT2D eigenvalue weighted by atomic mass is 9.67. The second kappa shape index (κ2) is 12.1. The van der Waals surface area contributed by atoms with E-state index >= 15 is 0 Å². The van der Waals surface area contributed by atoms with Gasteiger partial charge in [-0.25, -0.2) is 0 Å². The minimum absolute atomic E-state index is 0.174. The van der Waals surface area contributed by atoms with Gasteiger partial charge in [0.2, 0.25) is 0 Å². The van der Waals surface area contributed by atoms with Gasteiger partial charge in [0.15, 0.2) is 5.41 Å². The molecule has 0 aliphatic carbocycles. The van der Waals surface area contributed by atoms with Crippen molar-refractivity contribution in [1.29, 1.82) is 15.8 Å². The molecule has 0 heterocycles. The van der Waals surface area contributed by atoms with Crippen molar-refractivity contribution in [1.82, 2.24) is 0 Å². The summed E-state index contributed by atoms with van der Waals surface area (Å²) in [6.45, 7) is 3.85. The number of allylic oxidation sites excluding steroid dienone is 1. The maximum Gasteiger partial charge on any atom is 0.156 e. The molecule has 38 heavy (non-hydrogen) atoms. The van der Waals surface area contributed by atoms with Gasteiger partial charge in [-0.15, -0.1) is 6.58 Å². The minimum Gasteiger partial charge on any atom is -0.275 e. The van der Waals surface area contributed by atoms with E-state index in [0.717, 1.165) is 28.0 Å². The van der Waals surface area contributed by atoms with Gasteiger partial charge in [0.05, 0.1) is 35.5 Å². The summed E-state index contributed by atoms with van der Waals surface area (Å²) in [5.74, 6) is -0.618. The molecule has 0 spiro atoms. The Hall–Kier alpha value is -5.24. The monoisotopic (exact) mass is 490 g/mol. The van der Waals surface area contributed by atoms with Crippen LogP contribution in [0.5, 0.6) is 0 Å². The van der Waals surface area contributed by atoms with Crippen molar-refractivity contribution in [2.24, 2.45) is 10.4 Å². The third kappa shape index (κ3) is 5.44. The number of rotatable bonds is 9. The average molecular weight is 491 g/mol. The zero-order chi connectivity index (χ0) is 26.8. The summed E-state index contributed by atoms with van der Waals surface area (Å²) in [5, 5.41) is 30.3. The molecular weight excluding hydrogens is 464 g/mol. The fourth-order valence-corrected chi connectivity index (χ4v) is 4.75. The van der Waals surface area contributed by atoms with E-state index in [1.165, 1.54) is 0 Å². The van der Waals surface area contributed by atoms with Crippen LogP contribution in [0.2, 0.25) is 0 Å². The van der Waals surface area contributed by atoms with E-state index in [1.54, 1.807) is 18.2 Å². The lowest BCUT2D eigenvalue weighted by Crippen LogP contribution is -2.30. The maximum absolute atomic E-state index is 10.5. The molecule has 4 nitrogen and oxygen atoms in total. The number of nitriles is 3. The molecule has 0 aromatic heterocycles. The Bertz CT molecular complexity index is 1460. The van der Waals surface area contributed by atoms with Gasteiger partial charge in [0.25, 0.3) is 0 Å². The van der Waals surface area contributed by atoms with E-state index in [9.17, 15) is 15.8 Å². The SMILES string of the molecule is C=CCC(C#N)(C#N)[C@H](c1ccccc1)[C@H](N=C(c1ccccc1)c1ccccc1)c1ccc(C#N)cc1. The third-order valence-electron chi connectivity index (χ3n) is 6.61. The first-order valence-electron chi connectivity index (χ1n) is 12.3. The van der Waals surface area contributed by atoms with Crippen LogP contribution in [0, 0.1) is 39.4 Å². The largest absolute Gasteiger partial charge is 0.275 e. The van der Waals surface area contributed by atoms with Gasteiger partial charge in [-0.05, 0) is 29.7 Å². The van der Waals surface area contributed by atoms with Gasteiger partial charge in [-0.2, -0.15) is 15.8 Å². The third-order valence-corrected chi connectivity index (χ3v) is 6.61. The Kier molecular flexibility index (Phi) is 8.25. The molecule has 0 aliphatic heterocycles. The maximum atomic E-state index is 10.5. The van der Waals surface area contributed by atoms with Crippen LogP contribution in [0.4, 0.5) is 0 Å². The fraction of sp³-hybridized carbons (Fsp3) is 0.118. The highest BCUT2D eigenvalue weighted by Crippen LogP contribution is 2.48. The van der Waals surface area contributed by atoms with Crippen molar-refractivity contribution in [2.75, 3.05) is 0 Å². The van der Waals surface area contributed by atoms with E-state index in [0.29, 0.717) is 5.56 Å². The predicted octanol–water partition coefficient (Wildman–Crippen LogP) is 7.53. The van der Waals surface area contributed by atoms with Gasteiger partial charge in [0.1, 0.15) is 0 Å². The Morgan fingerprint density at radius 1 is 0.711 bits per heavy atom. The van der Waals surface area contributed by atoms with E-state index < -0.39 is 17.4 Å². The molecule has 4 aromatic carbocycles. The highest BCUT2D eigenvalue weighted by Gasteiger charge is 2.45. The van der Waals surface area contributed by atoms with Crippen molar-refractivity contribution < 1.29 is 0 Å². The highest BCUT2D eigenvalue weighted by atomic mass is 14.8. The van der Waals surface area contributed by atoms with E-state index in [2.05, 4.69) is 24.8 Å². The summed E-state index contributed by atoms with van der Waals surface area (Å²) in [6.07, 6.45) is 1.80. The Balaban J connectivity index is 2.06. The number of nitrogens with zero attached hydrogens (tertiary/aromatic N) is 4. The molecule has 2 atom stereocenters. The topological polar surface area (TPSA) is 83.7 Å². The molecule has 0 saturated heterocycles. The lowest BCUT2D eigenvalue weighted by Gasteiger charge is -2.34. The summed E-state index contributed by atoms with van der Waals surface area (Å²) in [4.78, 5) is 5.36. The van der Waals surface area contributed by atoms with Crippen LogP contribution in [0.3, 0.4) is 0 Å². The smallest absolute Gasteiger partial charge is 0.156 e. The molecule has 0 aliphatic rings. The lowest BCUT2D eigenvalue weighted by molar-refractivity contribution is 0.361. The molecule has 182 valence electrons. The van der Waals surface area contributed by atoms with Gasteiger partial charge in [-0.1, -0.05) is 109 Å². The van der Waals surface area contributed by atoms with Gasteiger partial charge in [0, 0.05) is 17.0 Å². The minimum atomic E-state index is -1.43. The molecule has 0 saturated carbocycles. The Morgan fingerprint density at radius 2 is 1.21 bits per heavy atom. The molecule has 0 unspecified atom stereocenters. The summed E-state index contributed by atoms with van der Waals surface area (Å²) in [7, 11) is 0. The molecule has 4 rings (SSSR count). The molecule has 0 bridgehead atoms. The average Bonchev–Trinajstić information content (AvgIpc) is 3.00. The molecule has 0 radical (unpaired) electrons. The van der Waals surface area contributed by atoms with Crippen LogP contribution in [0.1, 0.15) is 46.2 Å². The summed E-state index contributed by atoms with van der Waals surface area (Å²) in [6, 6.07) is 42.8. The summed E-state index contributed by atoms with van der Waals surface area (Å²) >= 11 is 0. The molecular formula is C34H26N4. The number of aliphatic imine (C=N–C) groups is 1. The Morgan fingerprint density at radius 3 is 1.66 bits per heavy atom. The first-order chi connectivity index (χ1) is 18.7. The second-order valence-corrected chi connectivity index (χ2v) is 8.96. The number of benzene rings is 4. The van der Waals surface area contributed by atoms with E-state index in [-0.39, 0.29) is 6.42 Å². The van der Waals surface area contributed by atoms with Gasteiger partial charge >= 0.3 is 0 Å². The molecule has 0 fully saturated rings. The van der Waals surface area contributed by atoms with Crippen molar-refractivity contribution >= 4 is 5.71 Å². The zero-order valence-electron chi connectivity index (χ0n) is 20.9. The number of hydrogen-bond donors (Lipinski definition) is 0. The van der Waals surface area contributed by atoms with Crippen molar-refractivity contribution in [2.45, 2.75) is 18.4 Å². The Labute approximate surface area is 224 Å². The second-order valence-electron chi connectivity index (χ2n) is 8.96. The summed E-state index contributed by atoms with van der Waals surface area (Å²) in [5.41, 5.74) is 3.34. The van der Waals surface area contributed by atoms with Crippen molar-refractivity contribution in [3.05, 3.63) is 156 Å². The molecule has 0 amide bonds. The van der Waals surface area contributed by atoms with Crippen LogP contribution >= 0.6 is 0 Å². The predicted molar refractivity (Wildman–Crippen MR) is 150 cm³/mol. The van der Waals surface area contributed by atoms with Crippen LogP contribution < -0.4 is 0 Å². The first-order valence-corrected chi connectivity index (χ1v) is 12.3. The van der Waals surface area contributed by atoms with Crippen molar-refractivity contribution in [3.63, 3.8) is 0 Å². The van der Waals surface area contributed by atoms with E-state index in [4.69, 9.17) is 4.99 Å². The first kappa shape index (κ1) is 25.8. The zero-order valence-corrected chi connectivity index (χ0v) is 20.9. The normalized spacial score (nSPS) is 12.1. The highest BCUT2D eigenvalue weighted by molar-refractivity contribution is 6.13. The van der Waals surface area contributed by atoms with Crippen molar-refractivity contribution in [3.8, 4) is 18.2 Å². The van der Waals surface area contributed by atoms with Crippen LogP contribution in [-0.4, -0.2) is 5.71 Å². The fourth-order valence-electron chi connectivity index (χ4n) is 4.75. The molecule has 4 heteroatoms. The quantitative estimate of drug-likeness (QED) is 0.179. The molecule has 4 aromatic rings. The number of hydrogen-bond acceptors (Lipinski definition) is 4. The van der Waals surface area contributed by atoms with Gasteiger partial charge in [-0.3, -0.25) is 4.99 Å². The van der Waals surface area contributed by atoms with Crippen LogP contribution in [0.25, 0.3) is 0 Å². The standard InChI is InChI=1S/C34H26N4/c1-2-22-34(24-36,25-37)31(27-12-6-3-7-13-27)33(30-20-18-26(23-35)19-21-30)38-32(28-14-8-4-9-15-28)29-16-10-5-11-17-29/h2-21,31,33H,1,22H2/t31-,33-/m1/s1. The molecule has 0 N–H and O–H groups in total. The van der Waals surface area contributed by atoms with Crippen LogP contribution in [-0.2, 0) is 0 Å². The van der Waals surface area contributed by atoms with Gasteiger partial charge < -0.3 is 0 Å². The van der Waals surface area contributed by atoms with E-state index in [1.807, 2.05) is 103 Å². The summed E-state index contributed by atoms with van der Waals surface area (Å²) < 4.78 is 0. The van der Waals surface area contributed by atoms with Crippen LogP contribution in [0.15, 0.2) is 133 Å².